The lowest BCUT2D eigenvalue weighted by molar-refractivity contribution is 0.0941. The van der Waals surface area contributed by atoms with Crippen molar-refractivity contribution in [2.24, 2.45) is 0 Å². The highest BCUT2D eigenvalue weighted by atomic mass is 35.5. The van der Waals surface area contributed by atoms with Gasteiger partial charge >= 0.3 is 5.69 Å². The Hall–Kier alpha value is -3.19. The molecule has 29 heavy (non-hydrogen) atoms. The van der Waals surface area contributed by atoms with Gasteiger partial charge in [-0.1, -0.05) is 41.9 Å². The first-order valence-electron chi connectivity index (χ1n) is 9.33. The molecule has 3 aromatic rings. The molecule has 0 spiro atoms. The van der Waals surface area contributed by atoms with E-state index >= 15 is 0 Å². The van der Waals surface area contributed by atoms with Gasteiger partial charge in [-0.15, -0.1) is 0 Å². The van der Waals surface area contributed by atoms with Gasteiger partial charge in [0.1, 0.15) is 0 Å². The highest BCUT2D eigenvalue weighted by Gasteiger charge is 2.28. The number of nitrogens with one attached hydrogen (secondary N) is 1. The van der Waals surface area contributed by atoms with Gasteiger partial charge in [0.25, 0.3) is 11.5 Å². The van der Waals surface area contributed by atoms with E-state index in [1.165, 1.54) is 0 Å². The zero-order chi connectivity index (χ0) is 20.5. The summed E-state index contributed by atoms with van der Waals surface area (Å²) >= 11 is 5.94. The van der Waals surface area contributed by atoms with Crippen LogP contribution in [0.4, 0.5) is 0 Å². The fraction of sp³-hybridized carbons (Fsp3) is 0.238. The number of carbonyl (C=O) groups excluding carboxylic acids is 1. The smallest absolute Gasteiger partial charge is 0.348 e. The van der Waals surface area contributed by atoms with E-state index in [-0.39, 0.29) is 11.7 Å². The molecule has 1 amide bonds. The first-order valence-corrected chi connectivity index (χ1v) is 9.71. The molecule has 1 N–H and O–H groups in total. The summed E-state index contributed by atoms with van der Waals surface area (Å²) in [7, 11) is 0. The van der Waals surface area contributed by atoms with E-state index in [1.807, 2.05) is 30.3 Å². The third-order valence-electron chi connectivity index (χ3n) is 4.88. The van der Waals surface area contributed by atoms with Gasteiger partial charge in [0.2, 0.25) is 5.69 Å². The van der Waals surface area contributed by atoms with Crippen molar-refractivity contribution >= 4 is 17.5 Å². The number of hydrogen-bond acceptors (Lipinski definition) is 4. The molecule has 1 aromatic heterocycles. The summed E-state index contributed by atoms with van der Waals surface area (Å²) in [6, 6.07) is 15.1. The van der Waals surface area contributed by atoms with Gasteiger partial charge in [-0.2, -0.15) is 9.78 Å². The Balaban J connectivity index is 1.91. The van der Waals surface area contributed by atoms with E-state index in [2.05, 4.69) is 10.4 Å². The first-order chi connectivity index (χ1) is 14.0. The van der Waals surface area contributed by atoms with Crippen LogP contribution in [0.2, 0.25) is 5.02 Å². The maximum absolute atomic E-state index is 13.2. The Morgan fingerprint density at radius 3 is 2.38 bits per heavy atom. The molecule has 1 aliphatic rings. The predicted octanol–water partition coefficient (Wildman–Crippen LogP) is 2.55. The molecule has 1 atom stereocenters. The Bertz CT molecular complexity index is 1170. The summed E-state index contributed by atoms with van der Waals surface area (Å²) in [4.78, 5) is 38.9. The van der Waals surface area contributed by atoms with Crippen molar-refractivity contribution in [3.05, 3.63) is 91.7 Å². The van der Waals surface area contributed by atoms with E-state index in [4.69, 9.17) is 11.6 Å². The van der Waals surface area contributed by atoms with Crippen molar-refractivity contribution < 1.29 is 4.79 Å². The molecule has 4 rings (SSSR count). The first kappa shape index (κ1) is 19.1. The molecule has 0 saturated heterocycles. The zero-order valence-electron chi connectivity index (χ0n) is 15.7. The fourth-order valence-corrected chi connectivity index (χ4v) is 3.21. The van der Waals surface area contributed by atoms with E-state index < -0.39 is 23.2 Å². The summed E-state index contributed by atoms with van der Waals surface area (Å²) in [6.07, 6.45) is 1.74. The number of benzene rings is 2. The lowest BCUT2D eigenvalue weighted by Crippen LogP contribution is -2.47. The standard InChI is InChI=1S/C21H19ClN4O3/c1-13(14-5-3-2-4-6-14)25-20(28)18(19(27)23-16-9-10-16)24-26(21(25)29)17-11-7-15(22)8-12-17/h2-8,11-13,16H,9-10H2,1H3,(H,23,27)/t13-/m0/s1. The second kappa shape index (κ2) is 7.67. The molecular weight excluding hydrogens is 392 g/mol. The number of hydrogen-bond donors (Lipinski definition) is 1. The number of rotatable bonds is 5. The Kier molecular flexibility index (Phi) is 5.07. The Morgan fingerprint density at radius 2 is 1.76 bits per heavy atom. The third kappa shape index (κ3) is 3.86. The molecule has 1 fully saturated rings. The van der Waals surface area contributed by atoms with Crippen LogP contribution < -0.4 is 16.6 Å². The molecule has 0 unspecified atom stereocenters. The zero-order valence-corrected chi connectivity index (χ0v) is 16.5. The van der Waals surface area contributed by atoms with E-state index in [0.29, 0.717) is 10.7 Å². The average molecular weight is 411 g/mol. The van der Waals surface area contributed by atoms with Gasteiger partial charge in [0.05, 0.1) is 11.7 Å². The number of halogens is 1. The molecule has 0 aliphatic heterocycles. The Morgan fingerprint density at radius 1 is 1.10 bits per heavy atom. The monoisotopic (exact) mass is 410 g/mol. The summed E-state index contributed by atoms with van der Waals surface area (Å²) in [5, 5.41) is 7.38. The van der Waals surface area contributed by atoms with Crippen LogP contribution in [0.5, 0.6) is 0 Å². The summed E-state index contributed by atoms with van der Waals surface area (Å²) in [6.45, 7) is 1.74. The van der Waals surface area contributed by atoms with Gasteiger partial charge in [0.15, 0.2) is 0 Å². The number of nitrogens with zero attached hydrogens (tertiary/aromatic N) is 3. The minimum atomic E-state index is -0.713. The molecule has 0 bridgehead atoms. The fourth-order valence-electron chi connectivity index (χ4n) is 3.09. The molecule has 1 aliphatic carbocycles. The minimum absolute atomic E-state index is 0.0552. The maximum atomic E-state index is 13.2. The van der Waals surface area contributed by atoms with Gasteiger partial charge in [0, 0.05) is 11.1 Å². The molecule has 1 heterocycles. The van der Waals surface area contributed by atoms with Crippen LogP contribution in [0, 0.1) is 0 Å². The molecule has 8 heteroatoms. The summed E-state index contributed by atoms with van der Waals surface area (Å²) < 4.78 is 2.14. The van der Waals surface area contributed by atoms with E-state index in [0.717, 1.165) is 27.7 Å². The maximum Gasteiger partial charge on any atom is 0.352 e. The normalized spacial score (nSPS) is 14.4. The van der Waals surface area contributed by atoms with Crippen molar-refractivity contribution in [3.63, 3.8) is 0 Å². The van der Waals surface area contributed by atoms with Crippen LogP contribution >= 0.6 is 11.6 Å². The van der Waals surface area contributed by atoms with Crippen molar-refractivity contribution in [1.29, 1.82) is 0 Å². The predicted molar refractivity (Wildman–Crippen MR) is 110 cm³/mol. The lowest BCUT2D eigenvalue weighted by Gasteiger charge is -2.17. The quantitative estimate of drug-likeness (QED) is 0.700. The second-order valence-electron chi connectivity index (χ2n) is 7.03. The van der Waals surface area contributed by atoms with Gasteiger partial charge in [-0.05, 0) is 49.6 Å². The van der Waals surface area contributed by atoms with Gasteiger partial charge < -0.3 is 5.32 Å². The van der Waals surface area contributed by atoms with Crippen LogP contribution in [0.3, 0.4) is 0 Å². The van der Waals surface area contributed by atoms with Gasteiger partial charge in [-0.25, -0.2) is 9.36 Å². The van der Waals surface area contributed by atoms with Crippen LogP contribution in [0.15, 0.2) is 64.2 Å². The van der Waals surface area contributed by atoms with Crippen LogP contribution in [0.25, 0.3) is 5.69 Å². The number of carbonyl (C=O) groups is 1. The highest BCUT2D eigenvalue weighted by molar-refractivity contribution is 6.30. The second-order valence-corrected chi connectivity index (χ2v) is 7.47. The number of amides is 1. The van der Waals surface area contributed by atoms with E-state index in [1.54, 1.807) is 31.2 Å². The molecule has 148 valence electrons. The summed E-state index contributed by atoms with van der Waals surface area (Å²) in [5.41, 5.74) is -0.469. The average Bonchev–Trinajstić information content (AvgIpc) is 3.53. The minimum Gasteiger partial charge on any atom is -0.348 e. The van der Waals surface area contributed by atoms with Gasteiger partial charge in [-0.3, -0.25) is 9.59 Å². The van der Waals surface area contributed by atoms with E-state index in [9.17, 15) is 14.4 Å². The molecular formula is C21H19ClN4O3. The lowest BCUT2D eigenvalue weighted by atomic mass is 10.1. The summed E-state index contributed by atoms with van der Waals surface area (Å²) in [5.74, 6) is -0.575. The molecule has 7 nitrogen and oxygen atoms in total. The largest absolute Gasteiger partial charge is 0.352 e. The third-order valence-corrected chi connectivity index (χ3v) is 5.13. The topological polar surface area (TPSA) is 86.0 Å². The van der Waals surface area contributed by atoms with Crippen LogP contribution in [-0.2, 0) is 0 Å². The molecule has 2 aromatic carbocycles. The Labute approximate surface area is 171 Å². The van der Waals surface area contributed by atoms with Crippen molar-refractivity contribution in [2.75, 3.05) is 0 Å². The van der Waals surface area contributed by atoms with Crippen molar-refractivity contribution in [3.8, 4) is 5.69 Å². The van der Waals surface area contributed by atoms with Crippen LogP contribution in [-0.4, -0.2) is 26.3 Å². The van der Waals surface area contributed by atoms with Crippen LogP contribution in [0.1, 0.15) is 41.9 Å². The number of aromatic nitrogens is 3. The SMILES string of the molecule is C[C@@H](c1ccccc1)n1c(=O)c(C(=O)NC2CC2)nn(-c2ccc(Cl)cc2)c1=O. The molecule has 1 saturated carbocycles. The molecule has 0 radical (unpaired) electrons. The highest BCUT2D eigenvalue weighted by Crippen LogP contribution is 2.19. The van der Waals surface area contributed by atoms with Crippen molar-refractivity contribution in [1.82, 2.24) is 19.7 Å². The van der Waals surface area contributed by atoms with Crippen molar-refractivity contribution in [2.45, 2.75) is 31.8 Å².